The van der Waals surface area contributed by atoms with Crippen LogP contribution in [-0.4, -0.2) is 46.6 Å². The van der Waals surface area contributed by atoms with E-state index in [-0.39, 0.29) is 53.5 Å². The number of aliphatic hydroxyl groups excluding tert-OH is 1. The third-order valence-electron chi connectivity index (χ3n) is 8.22. The van der Waals surface area contributed by atoms with Gasteiger partial charge in [0.1, 0.15) is 12.4 Å². The molecular weight excluding hydrogens is 596 g/mol. The zero-order chi connectivity index (χ0) is 29.0. The summed E-state index contributed by atoms with van der Waals surface area (Å²) in [7, 11) is 0. The van der Waals surface area contributed by atoms with Crippen LogP contribution in [0.25, 0.3) is 0 Å². The fourth-order valence-corrected chi connectivity index (χ4v) is 6.93. The Kier molecular flexibility index (Phi) is 6.79. The molecule has 0 saturated carbocycles. The number of nitro groups is 1. The lowest BCUT2D eigenvalue weighted by Crippen LogP contribution is -2.39. The standard InChI is InChI=1S/C30H23BrN2O8/c31-23-14-24(35)27-22(28(23)36)13-21-19(25(27)15-1-7-18(8-2-15)41-12-11-34)9-10-20-26(21)30(38)32(29(20)37)16-3-5-17(6-4-16)33(39)40/h1-9,14,20-21,25-26,34H,10-13H2/t20-,21+,25-,26-/m0/s1. The van der Waals surface area contributed by atoms with Crippen molar-refractivity contribution >= 4 is 50.7 Å². The number of anilines is 1. The van der Waals surface area contributed by atoms with Crippen LogP contribution in [0.5, 0.6) is 5.75 Å². The van der Waals surface area contributed by atoms with E-state index >= 15 is 0 Å². The molecular formula is C30H23BrN2O8. The molecule has 0 bridgehead atoms. The first-order valence-electron chi connectivity index (χ1n) is 13.1. The number of carbonyl (C=O) groups excluding carboxylic acids is 4. The highest BCUT2D eigenvalue weighted by Crippen LogP contribution is 2.55. The van der Waals surface area contributed by atoms with E-state index < -0.39 is 40.4 Å². The van der Waals surface area contributed by atoms with Crippen molar-refractivity contribution in [2.24, 2.45) is 17.8 Å². The summed E-state index contributed by atoms with van der Waals surface area (Å²) in [4.78, 5) is 65.7. The van der Waals surface area contributed by atoms with Crippen molar-refractivity contribution in [3.63, 3.8) is 0 Å². The summed E-state index contributed by atoms with van der Waals surface area (Å²) in [6.45, 7) is -0.0131. The Morgan fingerprint density at radius 3 is 2.37 bits per heavy atom. The lowest BCUT2D eigenvalue weighted by Gasteiger charge is -2.42. The van der Waals surface area contributed by atoms with Crippen LogP contribution >= 0.6 is 15.9 Å². The minimum atomic E-state index is -0.756. The molecule has 208 valence electrons. The highest BCUT2D eigenvalue weighted by Gasteiger charge is 2.56. The summed E-state index contributed by atoms with van der Waals surface area (Å²) in [6, 6.07) is 12.3. The first-order valence-corrected chi connectivity index (χ1v) is 13.9. The zero-order valence-corrected chi connectivity index (χ0v) is 23.1. The number of non-ortho nitro benzene ring substituents is 1. The third-order valence-corrected chi connectivity index (χ3v) is 8.81. The Hall–Kier alpha value is -4.22. The molecule has 1 fully saturated rings. The van der Waals surface area contributed by atoms with Gasteiger partial charge in [-0.15, -0.1) is 0 Å². The van der Waals surface area contributed by atoms with Crippen LogP contribution in [-0.2, 0) is 19.2 Å². The number of carbonyl (C=O) groups is 4. The van der Waals surface area contributed by atoms with Gasteiger partial charge in [-0.1, -0.05) is 23.8 Å². The number of benzene rings is 2. The molecule has 6 rings (SSSR count). The minimum absolute atomic E-state index is 0.127. The van der Waals surface area contributed by atoms with Gasteiger partial charge in [-0.2, -0.15) is 0 Å². The van der Waals surface area contributed by atoms with Gasteiger partial charge in [-0.25, -0.2) is 0 Å². The van der Waals surface area contributed by atoms with Gasteiger partial charge in [-0.3, -0.25) is 34.2 Å². The van der Waals surface area contributed by atoms with Crippen molar-refractivity contribution in [2.45, 2.75) is 18.8 Å². The molecule has 10 nitrogen and oxygen atoms in total. The summed E-state index contributed by atoms with van der Waals surface area (Å²) < 4.78 is 5.63. The number of Topliss-reactive ketones (excluding diaryl/α,β-unsaturated/α-hetero) is 1. The van der Waals surface area contributed by atoms with E-state index in [0.29, 0.717) is 16.9 Å². The summed E-state index contributed by atoms with van der Waals surface area (Å²) >= 11 is 3.22. The van der Waals surface area contributed by atoms with E-state index in [4.69, 9.17) is 9.84 Å². The highest BCUT2D eigenvalue weighted by atomic mass is 79.9. The number of hydrogen-bond acceptors (Lipinski definition) is 8. The molecule has 1 N–H and O–H groups in total. The van der Waals surface area contributed by atoms with Crippen LogP contribution in [0, 0.1) is 27.9 Å². The maximum absolute atomic E-state index is 13.9. The highest BCUT2D eigenvalue weighted by molar-refractivity contribution is 9.12. The quantitative estimate of drug-likeness (QED) is 0.169. The van der Waals surface area contributed by atoms with E-state index in [1.165, 1.54) is 30.3 Å². The van der Waals surface area contributed by atoms with Gasteiger partial charge in [0.15, 0.2) is 11.6 Å². The summed E-state index contributed by atoms with van der Waals surface area (Å²) in [5, 5.41) is 20.2. The number of ketones is 2. The number of hydrogen-bond donors (Lipinski definition) is 1. The number of ether oxygens (including phenoxy) is 1. The lowest BCUT2D eigenvalue weighted by molar-refractivity contribution is -0.384. The topological polar surface area (TPSA) is 144 Å². The number of nitrogens with zero attached hydrogens (tertiary/aromatic N) is 2. The number of allylic oxidation sites excluding steroid dienone is 6. The van der Waals surface area contributed by atoms with E-state index in [0.717, 1.165) is 16.0 Å². The number of aliphatic hydroxyl groups is 1. The van der Waals surface area contributed by atoms with Crippen molar-refractivity contribution in [1.29, 1.82) is 0 Å². The van der Waals surface area contributed by atoms with Crippen LogP contribution in [0.4, 0.5) is 11.4 Å². The lowest BCUT2D eigenvalue weighted by atomic mass is 9.59. The van der Waals surface area contributed by atoms with E-state index in [1.54, 1.807) is 24.3 Å². The molecule has 2 aromatic carbocycles. The largest absolute Gasteiger partial charge is 0.491 e. The van der Waals surface area contributed by atoms with Gasteiger partial charge in [0, 0.05) is 35.3 Å². The molecule has 4 aliphatic rings. The van der Waals surface area contributed by atoms with Gasteiger partial charge in [-0.05, 0) is 64.5 Å². The molecule has 11 heteroatoms. The van der Waals surface area contributed by atoms with Crippen LogP contribution in [0.1, 0.15) is 24.3 Å². The van der Waals surface area contributed by atoms with E-state index in [1.807, 2.05) is 6.08 Å². The maximum Gasteiger partial charge on any atom is 0.269 e. The number of rotatable bonds is 6. The fourth-order valence-electron chi connectivity index (χ4n) is 6.48. The summed E-state index contributed by atoms with van der Waals surface area (Å²) in [6.07, 6.45) is 3.62. The first-order chi connectivity index (χ1) is 19.7. The fraction of sp³-hybridized carbons (Fsp3) is 0.267. The van der Waals surface area contributed by atoms with Gasteiger partial charge in [0.2, 0.25) is 11.8 Å². The average Bonchev–Trinajstić information content (AvgIpc) is 3.23. The van der Waals surface area contributed by atoms with Crippen LogP contribution in [0.2, 0.25) is 0 Å². The van der Waals surface area contributed by atoms with E-state index in [9.17, 15) is 29.3 Å². The van der Waals surface area contributed by atoms with Crippen molar-refractivity contribution in [1.82, 2.24) is 0 Å². The monoisotopic (exact) mass is 618 g/mol. The number of nitro benzene ring substituents is 1. The summed E-state index contributed by atoms with van der Waals surface area (Å²) in [5.41, 5.74) is 2.34. The Labute approximate surface area is 242 Å². The first kappa shape index (κ1) is 27.0. The predicted molar refractivity (Wildman–Crippen MR) is 149 cm³/mol. The number of amides is 2. The van der Waals surface area contributed by atoms with E-state index in [2.05, 4.69) is 15.9 Å². The zero-order valence-electron chi connectivity index (χ0n) is 21.5. The molecule has 2 amide bonds. The van der Waals surface area contributed by atoms with Crippen molar-refractivity contribution in [3.05, 3.63) is 97.6 Å². The Morgan fingerprint density at radius 1 is 1.00 bits per heavy atom. The molecule has 0 unspecified atom stereocenters. The van der Waals surface area contributed by atoms with Crippen LogP contribution < -0.4 is 9.64 Å². The van der Waals surface area contributed by atoms with Gasteiger partial charge in [0.25, 0.3) is 5.69 Å². The predicted octanol–water partition coefficient (Wildman–Crippen LogP) is 3.93. The maximum atomic E-state index is 13.9. The molecule has 41 heavy (non-hydrogen) atoms. The number of fused-ring (bicyclic) bond motifs is 3. The van der Waals surface area contributed by atoms with Gasteiger partial charge >= 0.3 is 0 Å². The average molecular weight is 619 g/mol. The molecule has 3 aliphatic carbocycles. The van der Waals surface area contributed by atoms with Crippen molar-refractivity contribution in [2.75, 3.05) is 18.1 Å². The second kappa shape index (κ2) is 10.3. The number of halogens is 1. The van der Waals surface area contributed by atoms with Gasteiger partial charge in [0.05, 0.1) is 33.5 Å². The molecule has 0 spiro atoms. The molecule has 1 saturated heterocycles. The SMILES string of the molecule is O=C1C=C(Br)C(=O)C2=C1[C@@H](c1ccc(OCCO)cc1)C1=CC[C@@H]3C(=O)N(c4ccc([N+](=O)[O-])cc4)C(=O)[C@@H]3[C@@H]1C2. The second-order valence-corrected chi connectivity index (χ2v) is 11.2. The molecule has 0 aromatic heterocycles. The molecule has 1 heterocycles. The third kappa shape index (κ3) is 4.36. The summed E-state index contributed by atoms with van der Waals surface area (Å²) in [5.74, 6) is -3.41. The van der Waals surface area contributed by atoms with Crippen LogP contribution in [0.15, 0.2) is 81.9 Å². The Bertz CT molecular complexity index is 1610. The molecule has 0 radical (unpaired) electrons. The molecule has 1 aliphatic heterocycles. The van der Waals surface area contributed by atoms with Gasteiger partial charge < -0.3 is 9.84 Å². The van der Waals surface area contributed by atoms with Crippen molar-refractivity contribution < 1.29 is 33.9 Å². The smallest absolute Gasteiger partial charge is 0.269 e. The number of imide groups is 1. The molecule has 2 aromatic rings. The minimum Gasteiger partial charge on any atom is -0.491 e. The second-order valence-electron chi connectivity index (χ2n) is 10.3. The Morgan fingerprint density at radius 2 is 1.71 bits per heavy atom. The van der Waals surface area contributed by atoms with Crippen molar-refractivity contribution in [3.8, 4) is 5.75 Å². The normalized spacial score (nSPS) is 25.4. The van der Waals surface area contributed by atoms with Crippen LogP contribution in [0.3, 0.4) is 0 Å². The Balaban J connectivity index is 1.41. The molecule has 4 atom stereocenters.